The maximum atomic E-state index is 10.7. The molecule has 0 unspecified atom stereocenters. The highest BCUT2D eigenvalue weighted by atomic mass is 32.2. The number of nitro groups is 1. The van der Waals surface area contributed by atoms with Gasteiger partial charge in [-0.3, -0.25) is 10.1 Å². The summed E-state index contributed by atoms with van der Waals surface area (Å²) in [6, 6.07) is 9.72. The maximum absolute atomic E-state index is 10.7. The standard InChI is InChI=1S/C15H14N4O2S2/c1-10-4-3-5-12(6-10)14-16-17-15(18(14)2)23-9-11-7-13(19(20)21)22-8-11/h3-8H,9H2,1-2H3. The normalized spacial score (nSPS) is 10.9. The number of rotatable bonds is 5. The Morgan fingerprint density at radius 3 is 2.87 bits per heavy atom. The molecular weight excluding hydrogens is 332 g/mol. The minimum Gasteiger partial charge on any atom is -0.305 e. The first-order valence-electron chi connectivity index (χ1n) is 6.85. The molecule has 8 heteroatoms. The van der Waals surface area contributed by atoms with E-state index < -0.39 is 0 Å². The average molecular weight is 346 g/mol. The highest BCUT2D eigenvalue weighted by Gasteiger charge is 2.13. The Bertz CT molecular complexity index is 857. The van der Waals surface area contributed by atoms with Crippen molar-refractivity contribution in [3.05, 3.63) is 57.0 Å². The molecule has 3 rings (SSSR count). The summed E-state index contributed by atoms with van der Waals surface area (Å²) in [6.07, 6.45) is 0. The van der Waals surface area contributed by atoms with Crippen LogP contribution in [-0.2, 0) is 12.8 Å². The van der Waals surface area contributed by atoms with Gasteiger partial charge in [0.1, 0.15) is 0 Å². The molecule has 23 heavy (non-hydrogen) atoms. The first kappa shape index (κ1) is 15.7. The molecule has 2 heterocycles. The van der Waals surface area contributed by atoms with Gasteiger partial charge in [0.2, 0.25) is 0 Å². The minimum absolute atomic E-state index is 0.166. The molecule has 0 radical (unpaired) electrons. The molecule has 0 saturated carbocycles. The van der Waals surface area contributed by atoms with Crippen LogP contribution in [0.3, 0.4) is 0 Å². The molecule has 1 aromatic carbocycles. The van der Waals surface area contributed by atoms with E-state index in [0.717, 1.165) is 33.4 Å². The number of thiophene rings is 1. The van der Waals surface area contributed by atoms with Gasteiger partial charge >= 0.3 is 5.00 Å². The van der Waals surface area contributed by atoms with E-state index in [-0.39, 0.29) is 9.92 Å². The Hall–Kier alpha value is -2.19. The van der Waals surface area contributed by atoms with Crippen molar-refractivity contribution in [2.75, 3.05) is 0 Å². The lowest BCUT2D eigenvalue weighted by Crippen LogP contribution is -1.95. The van der Waals surface area contributed by atoms with Gasteiger partial charge in [0.25, 0.3) is 0 Å². The molecule has 3 aromatic rings. The average Bonchev–Trinajstić information content (AvgIpc) is 3.12. The van der Waals surface area contributed by atoms with Crippen LogP contribution in [-0.4, -0.2) is 19.7 Å². The molecule has 0 amide bonds. The highest BCUT2D eigenvalue weighted by Crippen LogP contribution is 2.29. The van der Waals surface area contributed by atoms with Crippen molar-refractivity contribution in [3.63, 3.8) is 0 Å². The van der Waals surface area contributed by atoms with Crippen LogP contribution in [0.15, 0.2) is 40.9 Å². The minimum atomic E-state index is -0.364. The molecule has 0 aliphatic rings. The molecule has 0 saturated heterocycles. The van der Waals surface area contributed by atoms with Crippen LogP contribution in [0.25, 0.3) is 11.4 Å². The molecule has 6 nitrogen and oxygen atoms in total. The van der Waals surface area contributed by atoms with E-state index in [2.05, 4.69) is 16.3 Å². The monoisotopic (exact) mass is 346 g/mol. The van der Waals surface area contributed by atoms with Crippen LogP contribution in [0.1, 0.15) is 11.1 Å². The third-order valence-electron chi connectivity index (χ3n) is 3.30. The molecule has 0 aliphatic heterocycles. The quantitative estimate of drug-likeness (QED) is 0.396. The fraction of sp³-hybridized carbons (Fsp3) is 0.200. The highest BCUT2D eigenvalue weighted by molar-refractivity contribution is 7.98. The summed E-state index contributed by atoms with van der Waals surface area (Å²) in [6.45, 7) is 2.04. The Labute approximate surface area is 141 Å². The van der Waals surface area contributed by atoms with E-state index in [1.54, 1.807) is 6.07 Å². The van der Waals surface area contributed by atoms with Crippen LogP contribution >= 0.6 is 23.1 Å². The van der Waals surface area contributed by atoms with Crippen molar-refractivity contribution in [1.82, 2.24) is 14.8 Å². The summed E-state index contributed by atoms with van der Waals surface area (Å²) in [7, 11) is 1.93. The number of hydrogen-bond donors (Lipinski definition) is 0. The van der Waals surface area contributed by atoms with Crippen LogP contribution in [0.5, 0.6) is 0 Å². The van der Waals surface area contributed by atoms with Crippen molar-refractivity contribution in [2.45, 2.75) is 17.8 Å². The Balaban J connectivity index is 1.75. The van der Waals surface area contributed by atoms with Gasteiger partial charge in [-0.25, -0.2) is 0 Å². The third-order valence-corrected chi connectivity index (χ3v) is 5.32. The van der Waals surface area contributed by atoms with Crippen molar-refractivity contribution >= 4 is 28.1 Å². The van der Waals surface area contributed by atoms with E-state index in [4.69, 9.17) is 0 Å². The molecule has 0 aliphatic carbocycles. The van der Waals surface area contributed by atoms with E-state index in [1.807, 2.05) is 42.1 Å². The smallest absolute Gasteiger partial charge is 0.305 e. The third kappa shape index (κ3) is 3.43. The second kappa shape index (κ2) is 6.51. The number of hydrogen-bond acceptors (Lipinski definition) is 6. The van der Waals surface area contributed by atoms with Gasteiger partial charge < -0.3 is 4.57 Å². The predicted molar refractivity (Wildman–Crippen MR) is 91.7 cm³/mol. The molecule has 0 bridgehead atoms. The van der Waals surface area contributed by atoms with Gasteiger partial charge in [-0.1, -0.05) is 46.9 Å². The molecule has 118 valence electrons. The van der Waals surface area contributed by atoms with Crippen LogP contribution < -0.4 is 0 Å². The van der Waals surface area contributed by atoms with Gasteiger partial charge in [-0.15, -0.1) is 10.2 Å². The van der Waals surface area contributed by atoms with Crippen molar-refractivity contribution in [1.29, 1.82) is 0 Å². The molecule has 2 aromatic heterocycles. The summed E-state index contributed by atoms with van der Waals surface area (Å²) in [5, 5.41) is 22.0. The van der Waals surface area contributed by atoms with Crippen molar-refractivity contribution < 1.29 is 4.92 Å². The fourth-order valence-corrected chi connectivity index (χ4v) is 3.83. The number of nitrogens with zero attached hydrogens (tertiary/aromatic N) is 4. The largest absolute Gasteiger partial charge is 0.324 e. The summed E-state index contributed by atoms with van der Waals surface area (Å²) in [4.78, 5) is 10.3. The van der Waals surface area contributed by atoms with Crippen LogP contribution in [0, 0.1) is 17.0 Å². The van der Waals surface area contributed by atoms with Gasteiger partial charge in [-0.05, 0) is 18.6 Å². The van der Waals surface area contributed by atoms with Gasteiger partial charge in [0, 0.05) is 29.8 Å². The lowest BCUT2D eigenvalue weighted by Gasteiger charge is -2.04. The summed E-state index contributed by atoms with van der Waals surface area (Å²) in [5.74, 6) is 1.44. The molecule has 0 spiro atoms. The number of benzene rings is 1. The van der Waals surface area contributed by atoms with Gasteiger partial charge in [0.05, 0.1) is 4.92 Å². The number of thioether (sulfide) groups is 1. The Morgan fingerprint density at radius 2 is 2.17 bits per heavy atom. The Kier molecular flexibility index (Phi) is 4.44. The lowest BCUT2D eigenvalue weighted by molar-refractivity contribution is -0.380. The first-order chi connectivity index (χ1) is 11.0. The molecule has 0 N–H and O–H groups in total. The lowest BCUT2D eigenvalue weighted by atomic mass is 10.1. The van der Waals surface area contributed by atoms with E-state index in [9.17, 15) is 10.1 Å². The maximum Gasteiger partial charge on any atom is 0.324 e. The van der Waals surface area contributed by atoms with E-state index >= 15 is 0 Å². The van der Waals surface area contributed by atoms with Gasteiger partial charge in [0.15, 0.2) is 11.0 Å². The zero-order valence-electron chi connectivity index (χ0n) is 12.6. The van der Waals surface area contributed by atoms with Crippen LogP contribution in [0.4, 0.5) is 5.00 Å². The molecule has 0 fully saturated rings. The van der Waals surface area contributed by atoms with Gasteiger partial charge in [-0.2, -0.15) is 0 Å². The summed E-state index contributed by atoms with van der Waals surface area (Å²) >= 11 is 2.66. The predicted octanol–water partition coefficient (Wildman–Crippen LogP) is 4.05. The van der Waals surface area contributed by atoms with E-state index in [1.165, 1.54) is 17.3 Å². The molecular formula is C15H14N4O2S2. The second-order valence-corrected chi connectivity index (χ2v) is 6.91. The topological polar surface area (TPSA) is 73.8 Å². The first-order valence-corrected chi connectivity index (χ1v) is 8.72. The number of aromatic nitrogens is 3. The zero-order valence-corrected chi connectivity index (χ0v) is 14.2. The SMILES string of the molecule is Cc1cccc(-c2nnc(SCc3csc([N+](=O)[O-])c3)n2C)c1. The molecule has 0 atom stereocenters. The second-order valence-electron chi connectivity index (χ2n) is 5.07. The Morgan fingerprint density at radius 1 is 1.35 bits per heavy atom. The number of aryl methyl sites for hydroxylation is 1. The van der Waals surface area contributed by atoms with E-state index in [0.29, 0.717) is 5.75 Å². The van der Waals surface area contributed by atoms with Crippen LogP contribution in [0.2, 0.25) is 0 Å². The fourth-order valence-electron chi connectivity index (χ4n) is 2.16. The summed E-state index contributed by atoms with van der Waals surface area (Å²) < 4.78 is 1.94. The summed E-state index contributed by atoms with van der Waals surface area (Å²) in [5.41, 5.74) is 3.12. The van der Waals surface area contributed by atoms with Crippen molar-refractivity contribution in [3.8, 4) is 11.4 Å². The zero-order chi connectivity index (χ0) is 16.4. The van der Waals surface area contributed by atoms with Crippen molar-refractivity contribution in [2.24, 2.45) is 7.05 Å².